The highest BCUT2D eigenvalue weighted by Gasteiger charge is 2.16. The van der Waals surface area contributed by atoms with Crippen molar-refractivity contribution >= 4 is 0 Å². The molecule has 1 rings (SSSR count). The third-order valence-corrected chi connectivity index (χ3v) is 2.97. The van der Waals surface area contributed by atoms with Gasteiger partial charge in [0.1, 0.15) is 5.75 Å². The third kappa shape index (κ3) is 7.85. The SMILES string of the molecule is CC.CCC(C)(C)OCC(N)Cc1ccc(O)cc1. The van der Waals surface area contributed by atoms with E-state index in [0.717, 1.165) is 18.4 Å². The minimum atomic E-state index is -0.105. The second kappa shape index (κ2) is 8.94. The van der Waals surface area contributed by atoms with E-state index in [-0.39, 0.29) is 17.4 Å². The lowest BCUT2D eigenvalue weighted by Gasteiger charge is -2.25. The molecule has 19 heavy (non-hydrogen) atoms. The van der Waals surface area contributed by atoms with Crippen LogP contribution in [-0.4, -0.2) is 23.4 Å². The average Bonchev–Trinajstić information content (AvgIpc) is 2.42. The van der Waals surface area contributed by atoms with E-state index in [4.69, 9.17) is 10.5 Å². The normalized spacial score (nSPS) is 12.5. The fourth-order valence-electron chi connectivity index (χ4n) is 1.43. The molecule has 1 aromatic rings. The highest BCUT2D eigenvalue weighted by Crippen LogP contribution is 2.15. The second-order valence-electron chi connectivity index (χ2n) is 5.05. The number of aromatic hydroxyl groups is 1. The summed E-state index contributed by atoms with van der Waals surface area (Å²) in [6, 6.07) is 7.13. The molecule has 0 aromatic heterocycles. The van der Waals surface area contributed by atoms with Gasteiger partial charge in [0, 0.05) is 6.04 Å². The van der Waals surface area contributed by atoms with Gasteiger partial charge in [-0.2, -0.15) is 0 Å². The minimum Gasteiger partial charge on any atom is -0.508 e. The Kier molecular flexibility index (Phi) is 8.44. The Bertz CT molecular complexity index is 333. The van der Waals surface area contributed by atoms with E-state index in [1.54, 1.807) is 12.1 Å². The molecule has 0 amide bonds. The topological polar surface area (TPSA) is 55.5 Å². The van der Waals surface area contributed by atoms with Gasteiger partial charge in [-0.1, -0.05) is 32.9 Å². The Labute approximate surface area is 117 Å². The maximum absolute atomic E-state index is 9.18. The molecule has 0 aliphatic rings. The largest absolute Gasteiger partial charge is 0.508 e. The molecule has 1 unspecified atom stereocenters. The molecule has 3 N–H and O–H groups in total. The van der Waals surface area contributed by atoms with E-state index in [9.17, 15) is 5.11 Å². The van der Waals surface area contributed by atoms with Crippen LogP contribution in [0.5, 0.6) is 5.75 Å². The van der Waals surface area contributed by atoms with Crippen molar-refractivity contribution in [1.29, 1.82) is 0 Å². The number of nitrogens with two attached hydrogens (primary N) is 1. The summed E-state index contributed by atoms with van der Waals surface area (Å²) in [4.78, 5) is 0. The van der Waals surface area contributed by atoms with Crippen molar-refractivity contribution in [2.24, 2.45) is 5.73 Å². The van der Waals surface area contributed by atoms with Crippen LogP contribution in [0.15, 0.2) is 24.3 Å². The predicted molar refractivity (Wildman–Crippen MR) is 81.5 cm³/mol. The quantitative estimate of drug-likeness (QED) is 0.829. The summed E-state index contributed by atoms with van der Waals surface area (Å²) >= 11 is 0. The van der Waals surface area contributed by atoms with Gasteiger partial charge in [-0.15, -0.1) is 0 Å². The Hall–Kier alpha value is -1.06. The zero-order valence-electron chi connectivity index (χ0n) is 12.9. The fourth-order valence-corrected chi connectivity index (χ4v) is 1.43. The molecule has 0 heterocycles. The van der Waals surface area contributed by atoms with Crippen LogP contribution >= 0.6 is 0 Å². The summed E-state index contributed by atoms with van der Waals surface area (Å²) in [7, 11) is 0. The monoisotopic (exact) mass is 267 g/mol. The van der Waals surface area contributed by atoms with E-state index in [0.29, 0.717) is 6.61 Å². The van der Waals surface area contributed by atoms with Crippen molar-refractivity contribution in [3.63, 3.8) is 0 Å². The van der Waals surface area contributed by atoms with Crippen LogP contribution in [0, 0.1) is 0 Å². The molecule has 1 aromatic carbocycles. The van der Waals surface area contributed by atoms with E-state index >= 15 is 0 Å². The van der Waals surface area contributed by atoms with Gasteiger partial charge >= 0.3 is 0 Å². The third-order valence-electron chi connectivity index (χ3n) is 2.97. The van der Waals surface area contributed by atoms with Gasteiger partial charge in [0.25, 0.3) is 0 Å². The van der Waals surface area contributed by atoms with E-state index < -0.39 is 0 Å². The first-order chi connectivity index (χ1) is 8.93. The van der Waals surface area contributed by atoms with Crippen LogP contribution in [-0.2, 0) is 11.2 Å². The van der Waals surface area contributed by atoms with Gasteiger partial charge in [0.05, 0.1) is 12.2 Å². The lowest BCUT2D eigenvalue weighted by atomic mass is 10.1. The summed E-state index contributed by atoms with van der Waals surface area (Å²) in [6.45, 7) is 10.8. The van der Waals surface area contributed by atoms with Crippen molar-refractivity contribution in [3.05, 3.63) is 29.8 Å². The number of benzene rings is 1. The molecule has 0 fully saturated rings. The summed E-state index contributed by atoms with van der Waals surface area (Å²) in [5.74, 6) is 0.283. The molecule has 0 bridgehead atoms. The van der Waals surface area contributed by atoms with Gasteiger partial charge < -0.3 is 15.6 Å². The molecule has 0 saturated heterocycles. The minimum absolute atomic E-state index is 0.00892. The lowest BCUT2D eigenvalue weighted by Crippen LogP contribution is -2.34. The number of rotatable bonds is 6. The first-order valence-electron chi connectivity index (χ1n) is 7.10. The summed E-state index contributed by atoms with van der Waals surface area (Å²) < 4.78 is 5.76. The molecule has 3 heteroatoms. The smallest absolute Gasteiger partial charge is 0.115 e. The van der Waals surface area contributed by atoms with E-state index in [1.165, 1.54) is 0 Å². The lowest BCUT2D eigenvalue weighted by molar-refractivity contribution is -0.0263. The Morgan fingerprint density at radius 3 is 2.21 bits per heavy atom. The van der Waals surface area contributed by atoms with Crippen LogP contribution in [0.4, 0.5) is 0 Å². The highest BCUT2D eigenvalue weighted by molar-refractivity contribution is 5.26. The Balaban J connectivity index is 0.00000154. The van der Waals surface area contributed by atoms with Gasteiger partial charge in [0.15, 0.2) is 0 Å². The number of hydrogen-bond acceptors (Lipinski definition) is 3. The molecular weight excluding hydrogens is 238 g/mol. The number of hydrogen-bond donors (Lipinski definition) is 2. The summed E-state index contributed by atoms with van der Waals surface area (Å²) in [5, 5.41) is 9.18. The molecule has 110 valence electrons. The zero-order chi connectivity index (χ0) is 14.9. The Morgan fingerprint density at radius 2 is 1.74 bits per heavy atom. The second-order valence-corrected chi connectivity index (χ2v) is 5.05. The fraction of sp³-hybridized carbons (Fsp3) is 0.625. The summed E-state index contributed by atoms with van der Waals surface area (Å²) in [5.41, 5.74) is 7.03. The first kappa shape index (κ1) is 17.9. The molecule has 3 nitrogen and oxygen atoms in total. The standard InChI is InChI=1S/C14H23NO2.C2H6/c1-4-14(2,3)17-10-12(15)9-11-5-7-13(16)8-6-11;1-2/h5-8,12,16H,4,9-10,15H2,1-3H3;1-2H3. The van der Waals surface area contributed by atoms with Crippen LogP contribution in [0.3, 0.4) is 0 Å². The number of ether oxygens (including phenoxy) is 1. The van der Waals surface area contributed by atoms with Gasteiger partial charge in [0.2, 0.25) is 0 Å². The first-order valence-corrected chi connectivity index (χ1v) is 7.10. The predicted octanol–water partition coefficient (Wildman–Crippen LogP) is 3.49. The van der Waals surface area contributed by atoms with Crippen LogP contribution in [0.25, 0.3) is 0 Å². The maximum atomic E-state index is 9.18. The molecule has 0 aliphatic carbocycles. The Morgan fingerprint density at radius 1 is 1.21 bits per heavy atom. The van der Waals surface area contributed by atoms with Crippen LogP contribution < -0.4 is 5.73 Å². The van der Waals surface area contributed by atoms with Gasteiger partial charge in [-0.25, -0.2) is 0 Å². The molecule has 0 radical (unpaired) electrons. The van der Waals surface area contributed by atoms with E-state index in [1.807, 2.05) is 26.0 Å². The van der Waals surface area contributed by atoms with Crippen molar-refractivity contribution in [2.45, 2.75) is 59.1 Å². The van der Waals surface area contributed by atoms with Crippen molar-refractivity contribution < 1.29 is 9.84 Å². The van der Waals surface area contributed by atoms with E-state index in [2.05, 4.69) is 20.8 Å². The van der Waals surface area contributed by atoms with Crippen molar-refractivity contribution in [1.82, 2.24) is 0 Å². The highest BCUT2D eigenvalue weighted by atomic mass is 16.5. The molecule has 0 saturated carbocycles. The molecule has 0 spiro atoms. The van der Waals surface area contributed by atoms with Crippen molar-refractivity contribution in [2.75, 3.05) is 6.61 Å². The van der Waals surface area contributed by atoms with Gasteiger partial charge in [-0.05, 0) is 44.4 Å². The maximum Gasteiger partial charge on any atom is 0.115 e. The number of phenolic OH excluding ortho intramolecular Hbond substituents is 1. The zero-order valence-corrected chi connectivity index (χ0v) is 12.9. The number of phenols is 1. The summed E-state index contributed by atoms with van der Waals surface area (Å²) in [6.07, 6.45) is 1.74. The van der Waals surface area contributed by atoms with Crippen molar-refractivity contribution in [3.8, 4) is 5.75 Å². The van der Waals surface area contributed by atoms with Crippen LogP contribution in [0.2, 0.25) is 0 Å². The molecule has 0 aliphatic heterocycles. The molecule has 1 atom stereocenters. The average molecular weight is 267 g/mol. The van der Waals surface area contributed by atoms with Crippen LogP contribution in [0.1, 0.15) is 46.6 Å². The van der Waals surface area contributed by atoms with Gasteiger partial charge in [-0.3, -0.25) is 0 Å². The molecular formula is C16H29NO2.